The summed E-state index contributed by atoms with van der Waals surface area (Å²) in [7, 11) is 0. The SMILES string of the molecule is NCCCCc1cn(-c2c(Cl)cc(F)cc2Br)nn1. The molecule has 0 amide bonds. The van der Waals surface area contributed by atoms with E-state index in [-0.39, 0.29) is 5.02 Å². The van der Waals surface area contributed by atoms with Gasteiger partial charge in [-0.15, -0.1) is 5.10 Å². The Labute approximate surface area is 123 Å². The van der Waals surface area contributed by atoms with Gasteiger partial charge in [0, 0.05) is 4.47 Å². The van der Waals surface area contributed by atoms with Gasteiger partial charge in [-0.3, -0.25) is 0 Å². The van der Waals surface area contributed by atoms with Crippen molar-refractivity contribution >= 4 is 27.5 Å². The highest BCUT2D eigenvalue weighted by Gasteiger charge is 2.12. The number of hydrogen-bond donors (Lipinski definition) is 1. The summed E-state index contributed by atoms with van der Waals surface area (Å²) in [4.78, 5) is 0. The summed E-state index contributed by atoms with van der Waals surface area (Å²) in [5, 5.41) is 8.37. The molecular formula is C12H13BrClFN4. The van der Waals surface area contributed by atoms with Gasteiger partial charge in [-0.25, -0.2) is 9.07 Å². The van der Waals surface area contributed by atoms with E-state index in [1.54, 1.807) is 10.9 Å². The first-order chi connectivity index (χ1) is 9.11. The van der Waals surface area contributed by atoms with E-state index in [9.17, 15) is 4.39 Å². The van der Waals surface area contributed by atoms with Gasteiger partial charge in [0.15, 0.2) is 0 Å². The molecule has 19 heavy (non-hydrogen) atoms. The largest absolute Gasteiger partial charge is 0.330 e. The summed E-state index contributed by atoms with van der Waals surface area (Å²) in [5.74, 6) is -0.399. The highest BCUT2D eigenvalue weighted by Crippen LogP contribution is 2.29. The fourth-order valence-electron chi connectivity index (χ4n) is 1.73. The molecule has 2 aromatic rings. The molecule has 0 radical (unpaired) electrons. The molecule has 0 atom stereocenters. The highest BCUT2D eigenvalue weighted by atomic mass is 79.9. The van der Waals surface area contributed by atoms with Crippen molar-refractivity contribution in [2.24, 2.45) is 5.73 Å². The Morgan fingerprint density at radius 3 is 2.84 bits per heavy atom. The topological polar surface area (TPSA) is 56.7 Å². The third-order valence-electron chi connectivity index (χ3n) is 2.64. The molecule has 0 aliphatic carbocycles. The molecule has 0 aliphatic rings. The lowest BCUT2D eigenvalue weighted by Gasteiger charge is -2.06. The van der Waals surface area contributed by atoms with Gasteiger partial charge in [0.25, 0.3) is 0 Å². The van der Waals surface area contributed by atoms with E-state index in [0.717, 1.165) is 25.0 Å². The fourth-order valence-corrected chi connectivity index (χ4v) is 2.75. The highest BCUT2D eigenvalue weighted by molar-refractivity contribution is 9.10. The number of nitrogens with two attached hydrogens (primary N) is 1. The first kappa shape index (κ1) is 14.4. The third kappa shape index (κ3) is 3.52. The van der Waals surface area contributed by atoms with Crippen LogP contribution in [0.15, 0.2) is 22.8 Å². The van der Waals surface area contributed by atoms with E-state index in [1.165, 1.54) is 12.1 Å². The standard InChI is InChI=1S/C12H13BrClFN4/c13-10-5-8(15)6-11(14)12(10)19-7-9(17-18-19)3-1-2-4-16/h5-7H,1-4,16H2. The Kier molecular flexibility index (Phi) is 4.90. The van der Waals surface area contributed by atoms with E-state index >= 15 is 0 Å². The van der Waals surface area contributed by atoms with Crippen molar-refractivity contribution in [2.45, 2.75) is 19.3 Å². The van der Waals surface area contributed by atoms with Crippen LogP contribution >= 0.6 is 27.5 Å². The molecule has 1 aromatic heterocycles. The Morgan fingerprint density at radius 1 is 1.37 bits per heavy atom. The van der Waals surface area contributed by atoms with Gasteiger partial charge in [-0.05, 0) is 53.9 Å². The zero-order chi connectivity index (χ0) is 13.8. The average molecular weight is 348 g/mol. The molecule has 0 saturated heterocycles. The molecule has 1 aromatic carbocycles. The lowest BCUT2D eigenvalue weighted by Crippen LogP contribution is -1.99. The van der Waals surface area contributed by atoms with E-state index in [1.807, 2.05) is 0 Å². The molecule has 0 spiro atoms. The summed E-state index contributed by atoms with van der Waals surface area (Å²) in [6, 6.07) is 2.59. The molecule has 102 valence electrons. The van der Waals surface area contributed by atoms with E-state index < -0.39 is 5.82 Å². The molecule has 0 unspecified atom stereocenters. The van der Waals surface area contributed by atoms with Crippen LogP contribution in [0.2, 0.25) is 5.02 Å². The van der Waals surface area contributed by atoms with Crippen molar-refractivity contribution in [2.75, 3.05) is 6.54 Å². The molecular weight excluding hydrogens is 335 g/mol. The number of rotatable bonds is 5. The van der Waals surface area contributed by atoms with Crippen molar-refractivity contribution in [1.82, 2.24) is 15.0 Å². The monoisotopic (exact) mass is 346 g/mol. The maximum atomic E-state index is 13.2. The van der Waals surface area contributed by atoms with Gasteiger partial charge in [0.1, 0.15) is 5.82 Å². The summed E-state index contributed by atoms with van der Waals surface area (Å²) in [5.41, 5.74) is 6.89. The average Bonchev–Trinajstić information content (AvgIpc) is 2.76. The van der Waals surface area contributed by atoms with Crippen LogP contribution in [0, 0.1) is 5.82 Å². The van der Waals surface area contributed by atoms with Crippen LogP contribution in [-0.2, 0) is 6.42 Å². The molecule has 2 rings (SSSR count). The van der Waals surface area contributed by atoms with Crippen LogP contribution in [0.1, 0.15) is 18.5 Å². The zero-order valence-corrected chi connectivity index (χ0v) is 12.5. The third-order valence-corrected chi connectivity index (χ3v) is 3.53. The van der Waals surface area contributed by atoms with E-state index in [0.29, 0.717) is 16.7 Å². The number of nitrogens with zero attached hydrogens (tertiary/aromatic N) is 3. The fraction of sp³-hybridized carbons (Fsp3) is 0.333. The van der Waals surface area contributed by atoms with Gasteiger partial charge in [0.05, 0.1) is 22.6 Å². The number of unbranched alkanes of at least 4 members (excludes halogenated alkanes) is 1. The van der Waals surface area contributed by atoms with Crippen LogP contribution in [0.25, 0.3) is 5.69 Å². The Balaban J connectivity index is 2.23. The van der Waals surface area contributed by atoms with Gasteiger partial charge >= 0.3 is 0 Å². The van der Waals surface area contributed by atoms with Gasteiger partial charge < -0.3 is 5.73 Å². The molecule has 0 aliphatic heterocycles. The smallest absolute Gasteiger partial charge is 0.125 e. The van der Waals surface area contributed by atoms with Crippen LogP contribution in [0.5, 0.6) is 0 Å². The summed E-state index contributed by atoms with van der Waals surface area (Å²) >= 11 is 9.31. The van der Waals surface area contributed by atoms with Gasteiger partial charge in [-0.2, -0.15) is 0 Å². The quantitative estimate of drug-likeness (QED) is 0.846. The minimum absolute atomic E-state index is 0.283. The zero-order valence-electron chi connectivity index (χ0n) is 10.1. The summed E-state index contributed by atoms with van der Waals surface area (Å²) in [6.45, 7) is 0.670. The minimum Gasteiger partial charge on any atom is -0.330 e. The van der Waals surface area contributed by atoms with Crippen molar-refractivity contribution in [3.05, 3.63) is 39.3 Å². The number of halogens is 3. The second-order valence-corrected chi connectivity index (χ2v) is 5.38. The van der Waals surface area contributed by atoms with Crippen molar-refractivity contribution in [1.29, 1.82) is 0 Å². The molecule has 7 heteroatoms. The molecule has 4 nitrogen and oxygen atoms in total. The molecule has 0 bridgehead atoms. The summed E-state index contributed by atoms with van der Waals surface area (Å²) < 4.78 is 15.2. The molecule has 0 fully saturated rings. The van der Waals surface area contributed by atoms with Crippen molar-refractivity contribution < 1.29 is 4.39 Å². The predicted octanol–water partition coefficient (Wildman–Crippen LogP) is 3.10. The van der Waals surface area contributed by atoms with Gasteiger partial charge in [0.2, 0.25) is 0 Å². The lowest BCUT2D eigenvalue weighted by molar-refractivity contribution is 0.625. The molecule has 1 heterocycles. The van der Waals surface area contributed by atoms with Crippen LogP contribution in [-0.4, -0.2) is 21.5 Å². The number of aryl methyl sites for hydroxylation is 1. The maximum absolute atomic E-state index is 13.2. The van der Waals surface area contributed by atoms with Crippen molar-refractivity contribution in [3.63, 3.8) is 0 Å². The maximum Gasteiger partial charge on any atom is 0.125 e. The van der Waals surface area contributed by atoms with Crippen LogP contribution < -0.4 is 5.73 Å². The second kappa shape index (κ2) is 6.45. The first-order valence-corrected chi connectivity index (χ1v) is 7.05. The Bertz CT molecular complexity index is 550. The first-order valence-electron chi connectivity index (χ1n) is 5.88. The second-order valence-electron chi connectivity index (χ2n) is 4.12. The van der Waals surface area contributed by atoms with Gasteiger partial charge in [-0.1, -0.05) is 16.8 Å². The van der Waals surface area contributed by atoms with Crippen LogP contribution in [0.4, 0.5) is 4.39 Å². The number of aromatic nitrogens is 3. The lowest BCUT2D eigenvalue weighted by atomic mass is 10.2. The Hall–Kier alpha value is -0.980. The number of hydrogen-bond acceptors (Lipinski definition) is 3. The summed E-state index contributed by atoms with van der Waals surface area (Å²) in [6.07, 6.45) is 4.52. The number of benzene rings is 1. The minimum atomic E-state index is -0.399. The van der Waals surface area contributed by atoms with Crippen LogP contribution in [0.3, 0.4) is 0 Å². The van der Waals surface area contributed by atoms with Crippen molar-refractivity contribution in [3.8, 4) is 5.69 Å². The van der Waals surface area contributed by atoms with E-state index in [2.05, 4.69) is 26.2 Å². The normalized spacial score (nSPS) is 10.9. The molecule has 0 saturated carbocycles. The molecule has 2 N–H and O–H groups in total. The Morgan fingerprint density at radius 2 is 2.16 bits per heavy atom. The predicted molar refractivity (Wildman–Crippen MR) is 76.0 cm³/mol. The van der Waals surface area contributed by atoms with E-state index in [4.69, 9.17) is 17.3 Å².